The number of nitrogens with two attached hydrogens (primary N) is 1. The molecular formula is C11H16N2O4S2. The Hall–Kier alpha value is -0.960. The number of hydrogen-bond donors (Lipinski definition) is 2. The van der Waals surface area contributed by atoms with Gasteiger partial charge in [0.25, 0.3) is 5.91 Å². The molecule has 1 heterocycles. The number of thiophene rings is 1. The number of hydrogen-bond acceptors (Lipinski definition) is 5. The van der Waals surface area contributed by atoms with Gasteiger partial charge in [-0.25, -0.2) is 13.6 Å². The van der Waals surface area contributed by atoms with Gasteiger partial charge in [-0.2, -0.15) is 0 Å². The van der Waals surface area contributed by atoms with E-state index >= 15 is 0 Å². The molecule has 0 spiro atoms. The lowest BCUT2D eigenvalue weighted by atomic mass is 9.89. The molecule has 1 aromatic rings. The second-order valence-electron chi connectivity index (χ2n) is 4.42. The molecule has 0 radical (unpaired) electrons. The van der Waals surface area contributed by atoms with Crippen LogP contribution in [0.3, 0.4) is 0 Å². The van der Waals surface area contributed by atoms with E-state index < -0.39 is 10.0 Å². The Bertz CT molecular complexity index is 561. The van der Waals surface area contributed by atoms with Gasteiger partial charge in [-0.15, -0.1) is 11.3 Å². The van der Waals surface area contributed by atoms with Gasteiger partial charge in [0, 0.05) is 18.0 Å². The molecule has 0 saturated heterocycles. The third-order valence-electron chi connectivity index (χ3n) is 2.95. The largest absolute Gasteiger partial charge is 0.378 e. The molecule has 1 saturated carbocycles. The van der Waals surface area contributed by atoms with Crippen LogP contribution in [0.25, 0.3) is 0 Å². The lowest BCUT2D eigenvalue weighted by molar-refractivity contribution is -0.00862. The summed E-state index contributed by atoms with van der Waals surface area (Å²) in [5, 5.41) is 9.33. The van der Waals surface area contributed by atoms with E-state index in [9.17, 15) is 13.2 Å². The van der Waals surface area contributed by atoms with Crippen molar-refractivity contribution < 1.29 is 17.9 Å². The number of primary sulfonamides is 1. The molecule has 19 heavy (non-hydrogen) atoms. The molecule has 2 rings (SSSR count). The van der Waals surface area contributed by atoms with Gasteiger partial charge in [-0.1, -0.05) is 0 Å². The molecule has 1 aliphatic carbocycles. The maximum Gasteiger partial charge on any atom is 0.252 e. The molecule has 6 nitrogen and oxygen atoms in total. The van der Waals surface area contributed by atoms with E-state index in [1.165, 1.54) is 11.4 Å². The fraction of sp³-hybridized carbons (Fsp3) is 0.545. The summed E-state index contributed by atoms with van der Waals surface area (Å²) in [4.78, 5) is 11.9. The van der Waals surface area contributed by atoms with Gasteiger partial charge >= 0.3 is 0 Å². The highest BCUT2D eigenvalue weighted by molar-refractivity contribution is 7.91. The Morgan fingerprint density at radius 2 is 2.26 bits per heavy atom. The average molecular weight is 304 g/mol. The molecule has 1 aromatic heterocycles. The summed E-state index contributed by atoms with van der Waals surface area (Å²) < 4.78 is 27.6. The van der Waals surface area contributed by atoms with Gasteiger partial charge in [0.15, 0.2) is 0 Å². The van der Waals surface area contributed by atoms with Crippen molar-refractivity contribution in [2.24, 2.45) is 5.14 Å². The Labute approximate surface area is 116 Å². The Kier molecular flexibility index (Phi) is 4.24. The second-order valence-corrected chi connectivity index (χ2v) is 7.12. The predicted molar refractivity (Wildman–Crippen MR) is 71.6 cm³/mol. The van der Waals surface area contributed by atoms with Gasteiger partial charge in [0.2, 0.25) is 10.0 Å². The zero-order valence-corrected chi connectivity index (χ0v) is 12.1. The lowest BCUT2D eigenvalue weighted by Gasteiger charge is -2.35. The third kappa shape index (κ3) is 3.53. The van der Waals surface area contributed by atoms with Crippen LogP contribution in [0.1, 0.15) is 30.1 Å². The monoisotopic (exact) mass is 304 g/mol. The van der Waals surface area contributed by atoms with Crippen molar-refractivity contribution in [2.75, 3.05) is 6.61 Å². The maximum absolute atomic E-state index is 11.9. The molecule has 1 fully saturated rings. The molecule has 1 amide bonds. The van der Waals surface area contributed by atoms with Crippen LogP contribution < -0.4 is 10.5 Å². The van der Waals surface area contributed by atoms with E-state index in [2.05, 4.69) is 5.32 Å². The number of nitrogens with one attached hydrogen (secondary N) is 1. The highest BCUT2D eigenvalue weighted by atomic mass is 32.2. The number of amides is 1. The lowest BCUT2D eigenvalue weighted by Crippen LogP contribution is -2.47. The number of carbonyl (C=O) groups is 1. The van der Waals surface area contributed by atoms with Crippen LogP contribution in [0.4, 0.5) is 0 Å². The smallest absolute Gasteiger partial charge is 0.252 e. The molecule has 8 heteroatoms. The summed E-state index contributed by atoms with van der Waals surface area (Å²) in [5.74, 6) is -0.272. The fourth-order valence-electron chi connectivity index (χ4n) is 1.91. The SMILES string of the molecule is CCOC1CC(NC(=O)c2csc(S(N)(=O)=O)c2)C1. The van der Waals surface area contributed by atoms with Crippen molar-refractivity contribution in [3.05, 3.63) is 17.0 Å². The standard InChI is InChI=1S/C11H16N2O4S2/c1-2-17-9-4-8(5-9)13-11(14)7-3-10(18-6-7)19(12,15)16/h3,6,8-9H,2,4-5H2,1H3,(H,13,14)(H2,12,15,16). The van der Waals surface area contributed by atoms with Crippen LogP contribution in [0.2, 0.25) is 0 Å². The van der Waals surface area contributed by atoms with Crippen molar-refractivity contribution in [3.63, 3.8) is 0 Å². The first kappa shape index (κ1) is 14.4. The number of rotatable bonds is 5. The minimum atomic E-state index is -3.73. The summed E-state index contributed by atoms with van der Waals surface area (Å²) in [6.45, 7) is 2.61. The minimum absolute atomic E-state index is 0.00143. The number of ether oxygens (including phenoxy) is 1. The molecular weight excluding hydrogens is 288 g/mol. The molecule has 0 aliphatic heterocycles. The van der Waals surface area contributed by atoms with Crippen LogP contribution in [-0.2, 0) is 14.8 Å². The van der Waals surface area contributed by atoms with Gasteiger partial charge in [0.05, 0.1) is 11.7 Å². The Balaban J connectivity index is 1.89. The van der Waals surface area contributed by atoms with Crippen LogP contribution >= 0.6 is 11.3 Å². The van der Waals surface area contributed by atoms with E-state index in [1.807, 2.05) is 6.92 Å². The predicted octanol–water partition coefficient (Wildman–Crippen LogP) is 0.693. The summed E-state index contributed by atoms with van der Waals surface area (Å²) in [6.07, 6.45) is 1.81. The first-order valence-electron chi connectivity index (χ1n) is 5.94. The Morgan fingerprint density at radius 1 is 1.58 bits per heavy atom. The van der Waals surface area contributed by atoms with Gasteiger partial charge < -0.3 is 10.1 Å². The molecule has 106 valence electrons. The molecule has 0 atom stereocenters. The van der Waals surface area contributed by atoms with E-state index in [0.717, 1.165) is 24.2 Å². The first-order valence-corrected chi connectivity index (χ1v) is 8.36. The Morgan fingerprint density at radius 3 is 2.79 bits per heavy atom. The molecule has 1 aliphatic rings. The third-order valence-corrected chi connectivity index (χ3v) is 5.34. The fourth-order valence-corrected chi connectivity index (χ4v) is 3.49. The van der Waals surface area contributed by atoms with Crippen molar-refractivity contribution in [3.8, 4) is 0 Å². The molecule has 3 N–H and O–H groups in total. The zero-order chi connectivity index (χ0) is 14.0. The van der Waals surface area contributed by atoms with Crippen molar-refractivity contribution in [1.82, 2.24) is 5.32 Å². The van der Waals surface area contributed by atoms with E-state index in [4.69, 9.17) is 9.88 Å². The van der Waals surface area contributed by atoms with Gasteiger partial charge in [-0.3, -0.25) is 4.79 Å². The number of sulfonamides is 1. The van der Waals surface area contributed by atoms with Crippen LogP contribution in [-0.4, -0.2) is 33.1 Å². The topological polar surface area (TPSA) is 98.5 Å². The van der Waals surface area contributed by atoms with Crippen LogP contribution in [0, 0.1) is 0 Å². The van der Waals surface area contributed by atoms with E-state index in [-0.39, 0.29) is 22.3 Å². The van der Waals surface area contributed by atoms with Crippen LogP contribution in [0.5, 0.6) is 0 Å². The van der Waals surface area contributed by atoms with Crippen molar-refractivity contribution in [2.45, 2.75) is 36.1 Å². The normalized spacial score (nSPS) is 22.8. The van der Waals surface area contributed by atoms with Crippen molar-refractivity contribution in [1.29, 1.82) is 0 Å². The molecule has 0 aromatic carbocycles. The summed E-state index contributed by atoms with van der Waals surface area (Å²) >= 11 is 0.948. The minimum Gasteiger partial charge on any atom is -0.378 e. The highest BCUT2D eigenvalue weighted by Gasteiger charge is 2.31. The summed E-state index contributed by atoms with van der Waals surface area (Å²) in [7, 11) is -3.73. The van der Waals surface area contributed by atoms with Crippen LogP contribution in [0.15, 0.2) is 15.7 Å². The average Bonchev–Trinajstić information content (AvgIpc) is 2.74. The van der Waals surface area contributed by atoms with E-state index in [1.54, 1.807) is 0 Å². The summed E-state index contributed by atoms with van der Waals surface area (Å²) in [5.41, 5.74) is 0.328. The van der Waals surface area contributed by atoms with Gasteiger partial charge in [0.1, 0.15) is 4.21 Å². The van der Waals surface area contributed by atoms with Gasteiger partial charge in [-0.05, 0) is 25.8 Å². The quantitative estimate of drug-likeness (QED) is 0.836. The second kappa shape index (κ2) is 5.58. The summed E-state index contributed by atoms with van der Waals surface area (Å²) in [6, 6.07) is 1.40. The first-order chi connectivity index (χ1) is 8.90. The maximum atomic E-state index is 11.9. The highest BCUT2D eigenvalue weighted by Crippen LogP contribution is 2.24. The molecule has 0 unspecified atom stereocenters. The van der Waals surface area contributed by atoms with Crippen molar-refractivity contribution >= 4 is 27.3 Å². The van der Waals surface area contributed by atoms with E-state index in [0.29, 0.717) is 12.2 Å². The number of carbonyl (C=O) groups excluding carboxylic acids is 1. The zero-order valence-electron chi connectivity index (χ0n) is 10.5. The molecule has 0 bridgehead atoms.